The van der Waals surface area contributed by atoms with Crippen molar-refractivity contribution in [2.24, 2.45) is 0 Å². The number of hydrogen-bond donors (Lipinski definition) is 9. The number of carbonyl (C=O) groups excluding carboxylic acids is 6. The molecule has 0 saturated carbocycles. The van der Waals surface area contributed by atoms with Gasteiger partial charge in [-0.25, -0.2) is 15.0 Å². The van der Waals surface area contributed by atoms with Crippen molar-refractivity contribution in [3.63, 3.8) is 0 Å². The smallest absolute Gasteiger partial charge is 0.394 e. The lowest BCUT2D eigenvalue weighted by molar-refractivity contribution is -0.138. The molecule has 0 radical (unpaired) electrons. The second kappa shape index (κ2) is 31.1. The number of amides is 6. The molecule has 6 aromatic carbocycles. The predicted octanol–water partition coefficient (Wildman–Crippen LogP) is 8.21. The summed E-state index contributed by atoms with van der Waals surface area (Å²) < 4.78 is 122. The van der Waals surface area contributed by atoms with E-state index in [-0.39, 0.29) is 96.1 Å². The summed E-state index contributed by atoms with van der Waals surface area (Å²) >= 11 is 0. The molecule has 9 N–H and O–H groups in total. The van der Waals surface area contributed by atoms with E-state index in [2.05, 4.69) is 30.9 Å². The fourth-order valence-electron chi connectivity index (χ4n) is 12.3. The fraction of sp³-hybridized carbons (Fsp3) is 0.357. The Morgan fingerprint density at radius 1 is 0.437 bits per heavy atom. The maximum Gasteiger partial charge on any atom is 0.416 e. The Balaban J connectivity index is 0.000000166. The molecule has 24 nitrogen and oxygen atoms in total. The number of alkyl halides is 9. The van der Waals surface area contributed by atoms with Crippen molar-refractivity contribution in [2.45, 2.75) is 99.9 Å². The molecule has 3 aliphatic rings. The van der Waals surface area contributed by atoms with Crippen molar-refractivity contribution >= 4 is 86.4 Å². The summed E-state index contributed by atoms with van der Waals surface area (Å²) in [7, 11) is 5.20. The summed E-state index contributed by atoms with van der Waals surface area (Å²) in [5, 5.41) is 65.1. The number of likely N-dealkylation sites (tertiary alicyclic amines) is 3. The topological polar surface area (TPSA) is 323 Å². The molecule has 6 heterocycles. The Hall–Kier alpha value is -10.3. The van der Waals surface area contributed by atoms with E-state index in [0.717, 1.165) is 71.3 Å². The average molecular weight is 1440 g/mol. The summed E-state index contributed by atoms with van der Waals surface area (Å²) in [5.74, 6) is -3.25. The number of carbonyl (C=O) groups is 6. The Kier molecular flexibility index (Phi) is 22.8. The zero-order valence-corrected chi connectivity index (χ0v) is 55.3. The van der Waals surface area contributed by atoms with E-state index < -0.39 is 91.1 Å². The number of anilines is 3. The van der Waals surface area contributed by atoms with Gasteiger partial charge in [-0.15, -0.1) is 0 Å². The number of fused-ring (bicyclic) bond motifs is 3. The molecule has 0 bridgehead atoms. The van der Waals surface area contributed by atoms with Gasteiger partial charge in [0, 0.05) is 64.0 Å². The molecule has 3 saturated heterocycles. The predicted molar refractivity (Wildman–Crippen MR) is 356 cm³/mol. The van der Waals surface area contributed by atoms with Crippen molar-refractivity contribution in [3.8, 4) is 0 Å². The van der Waals surface area contributed by atoms with E-state index in [0.29, 0.717) is 72.0 Å². The quantitative estimate of drug-likeness (QED) is 0.0345. The monoisotopic (exact) mass is 1440 g/mol. The first-order valence-corrected chi connectivity index (χ1v) is 32.3. The van der Waals surface area contributed by atoms with Gasteiger partial charge in [0.2, 0.25) is 35.6 Å². The third-order valence-corrected chi connectivity index (χ3v) is 17.9. The number of aromatic nitrogens is 6. The van der Waals surface area contributed by atoms with E-state index in [9.17, 15) is 93.8 Å². The molecule has 103 heavy (non-hydrogen) atoms. The number of nitrogens with one attached hydrogen (secondary N) is 3. The van der Waals surface area contributed by atoms with Gasteiger partial charge in [-0.2, -0.15) is 39.5 Å². The fourth-order valence-corrected chi connectivity index (χ4v) is 12.3. The Morgan fingerprint density at radius 2 is 0.728 bits per heavy atom. The van der Waals surface area contributed by atoms with Crippen LogP contribution in [0.1, 0.15) is 108 Å². The van der Waals surface area contributed by atoms with Crippen LogP contribution in [-0.2, 0) is 52.5 Å². The van der Waals surface area contributed by atoms with E-state index in [1.807, 2.05) is 6.07 Å². The highest BCUT2D eigenvalue weighted by atomic mass is 19.4. The van der Waals surface area contributed by atoms with Crippen molar-refractivity contribution in [1.29, 1.82) is 0 Å². The molecule has 6 unspecified atom stereocenters. The highest BCUT2D eigenvalue weighted by molar-refractivity contribution is 6.06. The first kappa shape index (κ1) is 75.3. The SMILES string of the molecule is CN1CCC(c2ccc3c(c2)nc(NC(=O)c2cccc(C(F)(F)F)c2)n3CC(O)CO)C1=O.CN1CCC(c2ccc3c(c2)nc(NC(=O)c2cccc(C(F)(F)F)c2)n3CC(O)CO)C1=O.CN1CCC(c2ccc3c(c2)nc(NC(=O)c2cccc(C(F)(F)F)c2)n3CCC(O)CO)C1=O. The van der Waals surface area contributed by atoms with Gasteiger partial charge in [-0.05, 0) is 133 Å². The highest BCUT2D eigenvalue weighted by Gasteiger charge is 2.37. The number of imidazole rings is 3. The lowest BCUT2D eigenvalue weighted by Gasteiger charge is -2.14. The van der Waals surface area contributed by atoms with Gasteiger partial charge in [0.15, 0.2) is 0 Å². The van der Waals surface area contributed by atoms with Gasteiger partial charge in [0.05, 0.1) is 119 Å². The van der Waals surface area contributed by atoms with Crippen molar-refractivity contribution in [2.75, 3.05) is 76.5 Å². The molecule has 6 atom stereocenters. The average Bonchev–Trinajstić information content (AvgIpc) is 1.64. The minimum absolute atomic E-state index is 0.00284. The van der Waals surface area contributed by atoms with Crippen molar-refractivity contribution in [1.82, 2.24) is 43.4 Å². The zero-order chi connectivity index (χ0) is 74.6. The van der Waals surface area contributed by atoms with E-state index in [1.54, 1.807) is 88.9 Å². The molecular formula is C70H71F9N12O12. The third kappa shape index (κ3) is 17.3. The first-order chi connectivity index (χ1) is 48.7. The number of rotatable bonds is 19. The van der Waals surface area contributed by atoms with Crippen LogP contribution >= 0.6 is 0 Å². The number of benzene rings is 6. The van der Waals surface area contributed by atoms with Crippen molar-refractivity contribution < 1.29 is 98.9 Å². The number of nitrogens with zero attached hydrogens (tertiary/aromatic N) is 9. The number of halogens is 9. The number of aliphatic hydroxyl groups excluding tert-OH is 6. The van der Waals surface area contributed by atoms with Crippen molar-refractivity contribution in [3.05, 3.63) is 177 Å². The summed E-state index contributed by atoms with van der Waals surface area (Å²) in [5.41, 5.74) is 1.83. The second-order valence-electron chi connectivity index (χ2n) is 25.1. The van der Waals surface area contributed by atoms with Crippen LogP contribution in [0.4, 0.5) is 57.4 Å². The number of aliphatic hydroxyl groups is 6. The summed E-state index contributed by atoms with van der Waals surface area (Å²) in [4.78, 5) is 93.7. The van der Waals surface area contributed by atoms with Gasteiger partial charge in [0.25, 0.3) is 17.7 Å². The van der Waals surface area contributed by atoms with Gasteiger partial charge >= 0.3 is 18.5 Å². The molecule has 12 rings (SSSR count). The lowest BCUT2D eigenvalue weighted by atomic mass is 9.97. The Morgan fingerprint density at radius 3 is 1.00 bits per heavy atom. The van der Waals surface area contributed by atoms with Crippen LogP contribution in [0, 0.1) is 0 Å². The molecule has 0 spiro atoms. The maximum absolute atomic E-state index is 13.1. The standard InChI is InChI=1S/C24H25F3N4O4.2C23H23F3N4O4/c1-30-9-8-18(22(30)35)14-5-6-20-19(12-14)28-23(31(20)10-7-17(33)13-32)29-21(34)15-3-2-4-16(11-15)24(25,26)27;2*1-29-8-7-17(21(29)34)13-5-6-19-18(10-13)27-22(30(19)11-16(32)12-31)28-20(33)14-3-2-4-15(9-14)23(24,25)26/h2-6,11-12,17-18,32-33H,7-10,13H2,1H3,(H,28,29,34);2*2-6,9-10,16-17,31-32H,7-8,11-12H2,1H3,(H,27,28,33). The normalized spacial score (nSPS) is 17.4. The molecule has 33 heteroatoms. The molecular weight excluding hydrogens is 1370 g/mol. The second-order valence-corrected chi connectivity index (χ2v) is 25.1. The molecule has 3 aliphatic heterocycles. The van der Waals surface area contributed by atoms with Crippen LogP contribution < -0.4 is 16.0 Å². The Labute approximate surface area is 580 Å². The van der Waals surface area contributed by atoms with E-state index >= 15 is 0 Å². The van der Waals surface area contributed by atoms with E-state index in [1.165, 1.54) is 27.3 Å². The molecule has 9 aromatic rings. The maximum atomic E-state index is 13.1. The summed E-state index contributed by atoms with van der Waals surface area (Å²) in [6, 6.07) is 27.8. The summed E-state index contributed by atoms with van der Waals surface area (Å²) in [6.45, 7) is 0.344. The van der Waals surface area contributed by atoms with Gasteiger partial charge < -0.3 is 59.0 Å². The molecule has 546 valence electrons. The largest absolute Gasteiger partial charge is 0.416 e. The van der Waals surface area contributed by atoms with Crippen LogP contribution in [0.2, 0.25) is 0 Å². The van der Waals surface area contributed by atoms with E-state index in [4.69, 9.17) is 5.11 Å². The molecule has 3 fully saturated rings. The third-order valence-electron chi connectivity index (χ3n) is 17.9. The van der Waals surface area contributed by atoms with Gasteiger partial charge in [-0.1, -0.05) is 36.4 Å². The molecule has 6 amide bonds. The summed E-state index contributed by atoms with van der Waals surface area (Å²) in [6.07, 6.45) is -15.0. The van der Waals surface area contributed by atoms with Crippen LogP contribution in [0.25, 0.3) is 33.1 Å². The lowest BCUT2D eigenvalue weighted by Crippen LogP contribution is -2.23. The minimum atomic E-state index is -4.60. The van der Waals surface area contributed by atoms with Crippen LogP contribution in [0.15, 0.2) is 127 Å². The zero-order valence-electron chi connectivity index (χ0n) is 55.3. The highest BCUT2D eigenvalue weighted by Crippen LogP contribution is 2.37. The number of aryl methyl sites for hydroxylation is 1. The Bertz CT molecular complexity index is 4460. The molecule has 3 aromatic heterocycles. The number of likely N-dealkylation sites (N-methyl/N-ethyl adjacent to an activating group) is 3. The van der Waals surface area contributed by atoms with Crippen LogP contribution in [0.3, 0.4) is 0 Å². The number of hydrogen-bond acceptors (Lipinski definition) is 15. The molecule has 0 aliphatic carbocycles. The van der Waals surface area contributed by atoms with Crippen LogP contribution in [-0.4, -0.2) is 188 Å². The van der Waals surface area contributed by atoms with Crippen LogP contribution in [0.5, 0.6) is 0 Å². The van der Waals surface area contributed by atoms with Gasteiger partial charge in [-0.3, -0.25) is 44.7 Å². The minimum Gasteiger partial charge on any atom is -0.394 e. The first-order valence-electron chi connectivity index (χ1n) is 32.3. The van der Waals surface area contributed by atoms with Gasteiger partial charge in [0.1, 0.15) is 0 Å².